The number of hydrogen-bond donors (Lipinski definition) is 1. The molecule has 0 saturated heterocycles. The maximum absolute atomic E-state index is 11.3. The molecule has 0 aliphatic rings. The Kier molecular flexibility index (Phi) is 5.53. The number of aryl methyl sites for hydroxylation is 1. The summed E-state index contributed by atoms with van der Waals surface area (Å²) in [5.74, 6) is -0.154. The van der Waals surface area contributed by atoms with Gasteiger partial charge in [-0.1, -0.05) is 19.1 Å². The Labute approximate surface area is 103 Å². The molecular weight excluding hydrogens is 214 g/mol. The summed E-state index contributed by atoms with van der Waals surface area (Å²) in [4.78, 5) is 11.3. The molecule has 0 aliphatic carbocycles. The maximum atomic E-state index is 11.3. The van der Waals surface area contributed by atoms with Gasteiger partial charge in [-0.05, 0) is 38.0 Å². The highest BCUT2D eigenvalue weighted by Gasteiger charge is 2.09. The molecule has 0 saturated carbocycles. The molecule has 17 heavy (non-hydrogen) atoms. The van der Waals surface area contributed by atoms with Crippen LogP contribution >= 0.6 is 0 Å². The van der Waals surface area contributed by atoms with Gasteiger partial charge in [0.1, 0.15) is 0 Å². The molecule has 1 unspecified atom stereocenters. The van der Waals surface area contributed by atoms with E-state index in [1.165, 1.54) is 5.56 Å². The summed E-state index contributed by atoms with van der Waals surface area (Å²) in [7, 11) is 0. The molecule has 0 aliphatic heterocycles. The molecule has 1 aromatic rings. The molecule has 1 N–H and O–H groups in total. The molecule has 0 fully saturated rings. The monoisotopic (exact) mass is 235 g/mol. The van der Waals surface area contributed by atoms with Crippen LogP contribution in [0.2, 0.25) is 0 Å². The molecule has 1 atom stereocenters. The standard InChI is InChI=1S/C14H21NO2/c1-4-12-7-6-8-13(10-12)15-11(3)9-14(16)17-5-2/h6-8,10-11,15H,4-5,9H2,1-3H3. The molecule has 1 rings (SSSR count). The fourth-order valence-corrected chi connectivity index (χ4v) is 1.69. The van der Waals surface area contributed by atoms with Crippen LogP contribution < -0.4 is 5.32 Å². The van der Waals surface area contributed by atoms with Crippen LogP contribution in [0.25, 0.3) is 0 Å². The van der Waals surface area contributed by atoms with Crippen molar-refractivity contribution in [2.24, 2.45) is 0 Å². The molecule has 0 heterocycles. The van der Waals surface area contributed by atoms with Crippen molar-refractivity contribution in [3.8, 4) is 0 Å². The van der Waals surface area contributed by atoms with Crippen LogP contribution in [-0.4, -0.2) is 18.6 Å². The number of carbonyl (C=O) groups excluding carboxylic acids is 1. The summed E-state index contributed by atoms with van der Waals surface area (Å²) < 4.78 is 4.92. The van der Waals surface area contributed by atoms with Gasteiger partial charge in [0.2, 0.25) is 0 Å². The third kappa shape index (κ3) is 4.89. The van der Waals surface area contributed by atoms with Crippen LogP contribution in [0, 0.1) is 0 Å². The predicted octanol–water partition coefficient (Wildman–Crippen LogP) is 3.00. The van der Waals surface area contributed by atoms with Crippen molar-refractivity contribution in [1.82, 2.24) is 0 Å². The first kappa shape index (κ1) is 13.6. The molecule has 0 radical (unpaired) electrons. The Bertz CT molecular complexity index is 363. The van der Waals surface area contributed by atoms with Crippen LogP contribution in [0.4, 0.5) is 5.69 Å². The highest BCUT2D eigenvalue weighted by atomic mass is 16.5. The first-order chi connectivity index (χ1) is 8.15. The minimum atomic E-state index is -0.154. The van der Waals surface area contributed by atoms with E-state index in [-0.39, 0.29) is 12.0 Å². The highest BCUT2D eigenvalue weighted by molar-refractivity contribution is 5.70. The summed E-state index contributed by atoms with van der Waals surface area (Å²) in [6.07, 6.45) is 1.41. The highest BCUT2D eigenvalue weighted by Crippen LogP contribution is 2.13. The van der Waals surface area contributed by atoms with Gasteiger partial charge in [-0.2, -0.15) is 0 Å². The number of rotatable bonds is 6. The second kappa shape index (κ2) is 6.94. The van der Waals surface area contributed by atoms with Gasteiger partial charge in [0.05, 0.1) is 13.0 Å². The van der Waals surface area contributed by atoms with E-state index in [4.69, 9.17) is 4.74 Å². The molecule has 94 valence electrons. The Hall–Kier alpha value is -1.51. The normalized spacial score (nSPS) is 11.9. The third-order valence-corrected chi connectivity index (χ3v) is 2.53. The number of anilines is 1. The number of hydrogen-bond acceptors (Lipinski definition) is 3. The zero-order valence-electron chi connectivity index (χ0n) is 10.8. The summed E-state index contributed by atoms with van der Waals surface area (Å²) in [6, 6.07) is 8.34. The van der Waals surface area contributed by atoms with Crippen LogP contribution in [-0.2, 0) is 16.0 Å². The lowest BCUT2D eigenvalue weighted by atomic mass is 10.1. The van der Waals surface area contributed by atoms with Crippen molar-refractivity contribution in [3.63, 3.8) is 0 Å². The van der Waals surface area contributed by atoms with E-state index in [9.17, 15) is 4.79 Å². The number of carbonyl (C=O) groups is 1. The average Bonchev–Trinajstić information content (AvgIpc) is 2.29. The van der Waals surface area contributed by atoms with E-state index >= 15 is 0 Å². The Morgan fingerprint density at radius 3 is 2.82 bits per heavy atom. The first-order valence-corrected chi connectivity index (χ1v) is 6.16. The second-order valence-corrected chi connectivity index (χ2v) is 4.11. The van der Waals surface area contributed by atoms with E-state index in [0.717, 1.165) is 12.1 Å². The lowest BCUT2D eigenvalue weighted by Crippen LogP contribution is -2.21. The lowest BCUT2D eigenvalue weighted by molar-refractivity contribution is -0.143. The molecule has 3 heteroatoms. The summed E-state index contributed by atoms with van der Waals surface area (Å²) in [5, 5.41) is 3.31. The third-order valence-electron chi connectivity index (χ3n) is 2.53. The van der Waals surface area contributed by atoms with Crippen molar-refractivity contribution in [1.29, 1.82) is 0 Å². The minimum absolute atomic E-state index is 0.0844. The minimum Gasteiger partial charge on any atom is -0.466 e. The Morgan fingerprint density at radius 1 is 1.41 bits per heavy atom. The molecule has 0 aromatic heterocycles. The van der Waals surface area contributed by atoms with Crippen LogP contribution in [0.1, 0.15) is 32.8 Å². The molecular formula is C14H21NO2. The zero-order chi connectivity index (χ0) is 12.7. The van der Waals surface area contributed by atoms with E-state index < -0.39 is 0 Å². The van der Waals surface area contributed by atoms with Gasteiger partial charge in [-0.15, -0.1) is 0 Å². The van der Waals surface area contributed by atoms with Crippen molar-refractivity contribution < 1.29 is 9.53 Å². The lowest BCUT2D eigenvalue weighted by Gasteiger charge is -2.15. The number of benzene rings is 1. The molecule has 1 aromatic carbocycles. The molecule has 0 amide bonds. The van der Waals surface area contributed by atoms with Crippen LogP contribution in [0.15, 0.2) is 24.3 Å². The van der Waals surface area contributed by atoms with Gasteiger partial charge >= 0.3 is 5.97 Å². The number of esters is 1. The largest absolute Gasteiger partial charge is 0.466 e. The van der Waals surface area contributed by atoms with Gasteiger partial charge in [-0.25, -0.2) is 0 Å². The van der Waals surface area contributed by atoms with Gasteiger partial charge < -0.3 is 10.1 Å². The van der Waals surface area contributed by atoms with Crippen molar-refractivity contribution in [3.05, 3.63) is 29.8 Å². The van der Waals surface area contributed by atoms with Crippen LogP contribution in [0.3, 0.4) is 0 Å². The Balaban J connectivity index is 2.49. The molecule has 0 spiro atoms. The van der Waals surface area contributed by atoms with E-state index in [1.54, 1.807) is 0 Å². The van der Waals surface area contributed by atoms with Crippen molar-refractivity contribution >= 4 is 11.7 Å². The van der Waals surface area contributed by atoms with Gasteiger partial charge in [-0.3, -0.25) is 4.79 Å². The maximum Gasteiger partial charge on any atom is 0.307 e. The van der Waals surface area contributed by atoms with Gasteiger partial charge in [0.15, 0.2) is 0 Å². The van der Waals surface area contributed by atoms with E-state index in [2.05, 4.69) is 24.4 Å². The SMILES string of the molecule is CCOC(=O)CC(C)Nc1cccc(CC)c1. The van der Waals surface area contributed by atoms with E-state index in [1.807, 2.05) is 26.0 Å². The van der Waals surface area contributed by atoms with Crippen molar-refractivity contribution in [2.45, 2.75) is 39.7 Å². The smallest absolute Gasteiger partial charge is 0.307 e. The summed E-state index contributed by atoms with van der Waals surface area (Å²) in [5.41, 5.74) is 2.35. The average molecular weight is 235 g/mol. The summed E-state index contributed by atoms with van der Waals surface area (Å²) in [6.45, 7) is 6.37. The fraction of sp³-hybridized carbons (Fsp3) is 0.500. The quantitative estimate of drug-likeness (QED) is 0.770. The van der Waals surface area contributed by atoms with Crippen LogP contribution in [0.5, 0.6) is 0 Å². The van der Waals surface area contributed by atoms with E-state index in [0.29, 0.717) is 13.0 Å². The molecule has 3 nitrogen and oxygen atoms in total. The molecule has 0 bridgehead atoms. The predicted molar refractivity (Wildman–Crippen MR) is 70.2 cm³/mol. The number of ether oxygens (including phenoxy) is 1. The van der Waals surface area contributed by atoms with Gasteiger partial charge in [0, 0.05) is 11.7 Å². The zero-order valence-corrected chi connectivity index (χ0v) is 10.8. The Morgan fingerprint density at radius 2 is 2.18 bits per heavy atom. The number of nitrogens with one attached hydrogen (secondary N) is 1. The summed E-state index contributed by atoms with van der Waals surface area (Å²) >= 11 is 0. The second-order valence-electron chi connectivity index (χ2n) is 4.11. The topological polar surface area (TPSA) is 38.3 Å². The first-order valence-electron chi connectivity index (χ1n) is 6.16. The fourth-order valence-electron chi connectivity index (χ4n) is 1.69. The van der Waals surface area contributed by atoms with Crippen molar-refractivity contribution in [2.75, 3.05) is 11.9 Å². The van der Waals surface area contributed by atoms with Gasteiger partial charge in [0.25, 0.3) is 0 Å².